The van der Waals surface area contributed by atoms with Crippen molar-refractivity contribution in [3.8, 4) is 22.6 Å². The van der Waals surface area contributed by atoms with E-state index in [1.165, 1.54) is 0 Å². The van der Waals surface area contributed by atoms with Crippen LogP contribution in [0.5, 0.6) is 5.75 Å². The smallest absolute Gasteiger partial charge is 0.261 e. The maximum absolute atomic E-state index is 14.5. The van der Waals surface area contributed by atoms with Crippen LogP contribution in [-0.4, -0.2) is 91.8 Å². The largest absolute Gasteiger partial charge is 0.494 e. The molecule has 5 rings (SSSR count). The van der Waals surface area contributed by atoms with Crippen LogP contribution in [0, 0.1) is 0 Å². The number of pyridine rings is 1. The fourth-order valence-electron chi connectivity index (χ4n) is 5.52. The van der Waals surface area contributed by atoms with Gasteiger partial charge >= 0.3 is 0 Å². The molecule has 38 heavy (non-hydrogen) atoms. The van der Waals surface area contributed by atoms with Crippen LogP contribution in [0.4, 0.5) is 5.82 Å². The first kappa shape index (κ1) is 26.5. The van der Waals surface area contributed by atoms with Crippen molar-refractivity contribution in [2.75, 3.05) is 77.5 Å². The number of ether oxygens (including phenoxy) is 1. The minimum absolute atomic E-state index is 0.0782. The first-order chi connectivity index (χ1) is 18.6. The van der Waals surface area contributed by atoms with E-state index in [1.54, 1.807) is 0 Å². The third-order valence-electron chi connectivity index (χ3n) is 7.90. The molecule has 2 aliphatic heterocycles. The Labute approximate surface area is 226 Å². The summed E-state index contributed by atoms with van der Waals surface area (Å²) in [5.41, 5.74) is 3.94. The lowest BCUT2D eigenvalue weighted by Gasteiger charge is -2.37. The molecule has 2 aliphatic rings. The van der Waals surface area contributed by atoms with Gasteiger partial charge in [0.25, 0.3) is 5.56 Å². The normalized spacial score (nSPS) is 17.6. The van der Waals surface area contributed by atoms with Crippen LogP contribution in [-0.2, 0) is 6.54 Å². The topological polar surface area (TPSA) is 44.2 Å². The van der Waals surface area contributed by atoms with E-state index >= 15 is 0 Å². The number of rotatable bonds is 8. The van der Waals surface area contributed by atoms with Crippen molar-refractivity contribution in [2.24, 2.45) is 0 Å². The molecule has 2 aromatic carbocycles. The second-order valence-electron chi connectivity index (χ2n) is 10.3. The van der Waals surface area contributed by atoms with Gasteiger partial charge in [-0.3, -0.25) is 14.3 Å². The number of nitrogens with zero attached hydrogens (tertiary/aromatic N) is 5. The second kappa shape index (κ2) is 12.2. The van der Waals surface area contributed by atoms with Crippen molar-refractivity contribution in [3.05, 3.63) is 76.6 Å². The highest BCUT2D eigenvalue weighted by atomic mass is 16.5. The molecule has 0 amide bonds. The third kappa shape index (κ3) is 5.80. The molecule has 1 aromatic heterocycles. The number of likely N-dealkylation sites (N-methyl/N-ethyl adjacent to an activating group) is 2. The molecule has 0 bridgehead atoms. The first-order valence-corrected chi connectivity index (χ1v) is 14.0. The average molecular weight is 516 g/mol. The highest BCUT2D eigenvalue weighted by Crippen LogP contribution is 2.31. The van der Waals surface area contributed by atoms with E-state index in [0.29, 0.717) is 13.2 Å². The van der Waals surface area contributed by atoms with Crippen molar-refractivity contribution >= 4 is 5.82 Å². The molecule has 0 N–H and O–H groups in total. The van der Waals surface area contributed by atoms with E-state index in [1.807, 2.05) is 54.0 Å². The molecule has 0 saturated carbocycles. The molecule has 7 nitrogen and oxygen atoms in total. The van der Waals surface area contributed by atoms with Crippen LogP contribution in [0.1, 0.15) is 19.4 Å². The first-order valence-electron chi connectivity index (χ1n) is 14.0. The summed E-state index contributed by atoms with van der Waals surface area (Å²) in [4.78, 5) is 24.1. The van der Waals surface area contributed by atoms with Crippen LogP contribution in [0.2, 0.25) is 0 Å². The Bertz CT molecular complexity index is 1240. The summed E-state index contributed by atoms with van der Waals surface area (Å²) in [5.74, 6) is 1.83. The summed E-state index contributed by atoms with van der Waals surface area (Å²) in [6.45, 7) is 14.3. The van der Waals surface area contributed by atoms with Crippen molar-refractivity contribution < 1.29 is 4.74 Å². The summed E-state index contributed by atoms with van der Waals surface area (Å²) in [6.07, 6.45) is 0. The van der Waals surface area contributed by atoms with Crippen LogP contribution >= 0.6 is 0 Å². The van der Waals surface area contributed by atoms with Gasteiger partial charge in [0.05, 0.1) is 12.3 Å². The fourth-order valence-corrected chi connectivity index (χ4v) is 5.52. The molecule has 202 valence electrons. The molecule has 7 heteroatoms. The second-order valence-corrected chi connectivity index (χ2v) is 10.3. The summed E-state index contributed by atoms with van der Waals surface area (Å²) >= 11 is 0. The van der Waals surface area contributed by atoms with Crippen LogP contribution < -0.4 is 15.2 Å². The fraction of sp³-hybridized carbons (Fsp3) is 0.452. The van der Waals surface area contributed by atoms with Gasteiger partial charge in [0.15, 0.2) is 0 Å². The number of hydrogen-bond donors (Lipinski definition) is 0. The SMILES string of the molecule is CCOc1ccc(-c2cc(N3CCN(CC)CC3)n(-c3ccccc3)c(=O)c2CN2CCN(C)CC2)cc1. The highest BCUT2D eigenvalue weighted by molar-refractivity contribution is 5.72. The monoisotopic (exact) mass is 515 g/mol. The maximum atomic E-state index is 14.5. The predicted octanol–water partition coefficient (Wildman–Crippen LogP) is 3.79. The van der Waals surface area contributed by atoms with E-state index in [0.717, 1.165) is 92.8 Å². The van der Waals surface area contributed by atoms with E-state index in [2.05, 4.69) is 51.8 Å². The molecule has 3 aromatic rings. The standard InChI is InChI=1S/C31H41N5O2/c1-4-33-19-21-35(22-20-33)30-23-28(25-11-13-27(14-12-25)38-5-2)29(24-34-17-15-32(3)16-18-34)31(37)36(30)26-9-7-6-8-10-26/h6-14,23H,4-5,15-22,24H2,1-3H3. The molecule has 0 unspecified atom stereocenters. The van der Waals surface area contributed by atoms with Gasteiger partial charge in [0.1, 0.15) is 11.6 Å². The molecule has 2 saturated heterocycles. The maximum Gasteiger partial charge on any atom is 0.261 e. The molecule has 0 radical (unpaired) electrons. The Morgan fingerprint density at radius 1 is 0.789 bits per heavy atom. The molecule has 2 fully saturated rings. The zero-order valence-corrected chi connectivity index (χ0v) is 23.1. The van der Waals surface area contributed by atoms with E-state index in [9.17, 15) is 4.79 Å². The Hall–Kier alpha value is -3.13. The van der Waals surface area contributed by atoms with Crippen LogP contribution in [0.15, 0.2) is 65.5 Å². The Kier molecular flexibility index (Phi) is 8.47. The Morgan fingerprint density at radius 2 is 1.45 bits per heavy atom. The van der Waals surface area contributed by atoms with Crippen molar-refractivity contribution in [1.29, 1.82) is 0 Å². The minimum atomic E-state index is 0.0782. The molecule has 0 spiro atoms. The zero-order chi connectivity index (χ0) is 26.5. The number of anilines is 1. The van der Waals surface area contributed by atoms with Gasteiger partial charge in [-0.1, -0.05) is 37.3 Å². The minimum Gasteiger partial charge on any atom is -0.494 e. The lowest BCUT2D eigenvalue weighted by atomic mass is 9.99. The predicted molar refractivity (Wildman–Crippen MR) is 156 cm³/mol. The van der Waals surface area contributed by atoms with Crippen molar-refractivity contribution in [2.45, 2.75) is 20.4 Å². The van der Waals surface area contributed by atoms with Gasteiger partial charge in [-0.25, -0.2) is 0 Å². The van der Waals surface area contributed by atoms with E-state index in [4.69, 9.17) is 4.74 Å². The Morgan fingerprint density at radius 3 is 2.08 bits per heavy atom. The summed E-state index contributed by atoms with van der Waals surface area (Å²) in [6, 6.07) is 20.6. The Balaban J connectivity index is 1.64. The highest BCUT2D eigenvalue weighted by Gasteiger charge is 2.25. The molecule has 0 aliphatic carbocycles. The number of aromatic nitrogens is 1. The quantitative estimate of drug-likeness (QED) is 0.455. The van der Waals surface area contributed by atoms with Gasteiger partial charge in [0.2, 0.25) is 0 Å². The van der Waals surface area contributed by atoms with Crippen molar-refractivity contribution in [3.63, 3.8) is 0 Å². The molecular formula is C31H41N5O2. The van der Waals surface area contributed by atoms with E-state index in [-0.39, 0.29) is 5.56 Å². The number of para-hydroxylation sites is 1. The summed E-state index contributed by atoms with van der Waals surface area (Å²) in [5, 5.41) is 0. The van der Waals surface area contributed by atoms with Crippen LogP contribution in [0.25, 0.3) is 16.8 Å². The average Bonchev–Trinajstić information content (AvgIpc) is 2.96. The molecule has 3 heterocycles. The van der Waals surface area contributed by atoms with Gasteiger partial charge < -0.3 is 19.4 Å². The summed E-state index contributed by atoms with van der Waals surface area (Å²) < 4.78 is 7.66. The lowest BCUT2D eigenvalue weighted by Crippen LogP contribution is -2.48. The summed E-state index contributed by atoms with van der Waals surface area (Å²) in [7, 11) is 2.16. The zero-order valence-electron chi connectivity index (χ0n) is 23.1. The van der Waals surface area contributed by atoms with Gasteiger partial charge in [-0.15, -0.1) is 0 Å². The van der Waals surface area contributed by atoms with Gasteiger partial charge in [-0.05, 0) is 62.0 Å². The number of benzene rings is 2. The number of piperazine rings is 2. The lowest BCUT2D eigenvalue weighted by molar-refractivity contribution is 0.148. The molecule has 0 atom stereocenters. The van der Waals surface area contributed by atoms with Crippen molar-refractivity contribution in [1.82, 2.24) is 19.3 Å². The van der Waals surface area contributed by atoms with Gasteiger partial charge in [0, 0.05) is 64.5 Å². The molecular weight excluding hydrogens is 474 g/mol. The van der Waals surface area contributed by atoms with E-state index < -0.39 is 0 Å². The van der Waals surface area contributed by atoms with Crippen LogP contribution in [0.3, 0.4) is 0 Å². The van der Waals surface area contributed by atoms with Gasteiger partial charge in [-0.2, -0.15) is 0 Å². The number of hydrogen-bond acceptors (Lipinski definition) is 6. The third-order valence-corrected chi connectivity index (χ3v) is 7.90.